The van der Waals surface area contributed by atoms with Crippen molar-refractivity contribution in [3.8, 4) is 5.75 Å². The van der Waals surface area contributed by atoms with Gasteiger partial charge in [0.15, 0.2) is 0 Å². The third kappa shape index (κ3) is 5.34. The molecule has 18 heavy (non-hydrogen) atoms. The summed E-state index contributed by atoms with van der Waals surface area (Å²) >= 11 is 0. The molecule has 1 aromatic rings. The second-order valence-corrected chi connectivity index (χ2v) is 4.00. The van der Waals surface area contributed by atoms with E-state index in [-0.39, 0.29) is 5.91 Å². The van der Waals surface area contributed by atoms with E-state index in [0.717, 1.165) is 17.1 Å². The van der Waals surface area contributed by atoms with Crippen molar-refractivity contribution in [1.82, 2.24) is 5.43 Å². The summed E-state index contributed by atoms with van der Waals surface area (Å²) in [6.45, 7) is 4.22. The Morgan fingerprint density at radius 1 is 1.28 bits per heavy atom. The average molecular weight is 249 g/mol. The van der Waals surface area contributed by atoms with E-state index in [1.165, 1.54) is 0 Å². The third-order valence-electron chi connectivity index (χ3n) is 2.18. The van der Waals surface area contributed by atoms with E-state index in [0.29, 0.717) is 13.0 Å². The summed E-state index contributed by atoms with van der Waals surface area (Å²) in [7, 11) is 1.63. The summed E-state index contributed by atoms with van der Waals surface area (Å²) in [4.78, 5) is 11.4. The number of nitrogens with zero attached hydrogens (tertiary/aromatic N) is 1. The molecule has 0 atom stereocenters. The van der Waals surface area contributed by atoms with Gasteiger partial charge in [-0.05, 0) is 38.1 Å². The van der Waals surface area contributed by atoms with Gasteiger partial charge in [-0.25, -0.2) is 5.43 Å². The van der Waals surface area contributed by atoms with Crippen LogP contribution in [0, 0.1) is 0 Å². The van der Waals surface area contributed by atoms with Crippen LogP contribution in [0.5, 0.6) is 5.75 Å². The van der Waals surface area contributed by atoms with Crippen molar-refractivity contribution in [3.63, 3.8) is 0 Å². The third-order valence-corrected chi connectivity index (χ3v) is 2.18. The second-order valence-electron chi connectivity index (χ2n) is 4.00. The molecule has 0 aliphatic heterocycles. The van der Waals surface area contributed by atoms with Crippen molar-refractivity contribution < 1.29 is 9.53 Å². The number of amides is 1. The van der Waals surface area contributed by atoms with E-state index in [1.807, 2.05) is 38.1 Å². The molecule has 5 nitrogen and oxygen atoms in total. The van der Waals surface area contributed by atoms with Gasteiger partial charge in [0.1, 0.15) is 5.75 Å². The predicted octanol–water partition coefficient (Wildman–Crippen LogP) is 2.01. The average Bonchev–Trinajstić information content (AvgIpc) is 2.37. The number of anilines is 1. The number of ether oxygens (including phenoxy) is 1. The van der Waals surface area contributed by atoms with Gasteiger partial charge in [-0.1, -0.05) is 0 Å². The van der Waals surface area contributed by atoms with Gasteiger partial charge in [0.2, 0.25) is 5.91 Å². The molecule has 0 saturated carbocycles. The van der Waals surface area contributed by atoms with Crippen LogP contribution in [-0.2, 0) is 4.79 Å². The molecule has 1 aromatic carbocycles. The summed E-state index contributed by atoms with van der Waals surface area (Å²) in [5.41, 5.74) is 4.26. The van der Waals surface area contributed by atoms with Gasteiger partial charge in [0.05, 0.1) is 7.11 Å². The first-order valence-corrected chi connectivity index (χ1v) is 5.79. The van der Waals surface area contributed by atoms with Crippen LogP contribution in [0.4, 0.5) is 5.69 Å². The van der Waals surface area contributed by atoms with Crippen molar-refractivity contribution in [2.75, 3.05) is 19.0 Å². The van der Waals surface area contributed by atoms with E-state index in [2.05, 4.69) is 15.8 Å². The molecule has 0 spiro atoms. The van der Waals surface area contributed by atoms with Crippen molar-refractivity contribution in [3.05, 3.63) is 24.3 Å². The number of carbonyl (C=O) groups excluding carboxylic acids is 1. The molecule has 5 heteroatoms. The Morgan fingerprint density at radius 3 is 2.50 bits per heavy atom. The predicted molar refractivity (Wildman–Crippen MR) is 73.0 cm³/mol. The first kappa shape index (κ1) is 14.0. The minimum atomic E-state index is -0.0998. The molecule has 2 N–H and O–H groups in total. The maximum Gasteiger partial charge on any atom is 0.241 e. The minimum absolute atomic E-state index is 0.0998. The number of carbonyl (C=O) groups is 1. The van der Waals surface area contributed by atoms with Crippen LogP contribution < -0.4 is 15.5 Å². The molecule has 0 aliphatic rings. The second kappa shape index (κ2) is 7.32. The number of hydrogen-bond donors (Lipinski definition) is 2. The Bertz CT molecular complexity index is 409. The summed E-state index contributed by atoms with van der Waals surface area (Å²) in [6, 6.07) is 7.55. The molecule has 0 fully saturated rings. The molecule has 1 rings (SSSR count). The van der Waals surface area contributed by atoms with Crippen molar-refractivity contribution >= 4 is 17.3 Å². The normalized spacial score (nSPS) is 9.50. The van der Waals surface area contributed by atoms with Crippen LogP contribution in [0.25, 0.3) is 0 Å². The van der Waals surface area contributed by atoms with Gasteiger partial charge in [0, 0.05) is 24.4 Å². The minimum Gasteiger partial charge on any atom is -0.497 e. The number of hydrazone groups is 1. The molecular weight excluding hydrogens is 230 g/mol. The number of rotatable bonds is 6. The fourth-order valence-electron chi connectivity index (χ4n) is 1.26. The van der Waals surface area contributed by atoms with Crippen LogP contribution in [0.1, 0.15) is 20.3 Å². The summed E-state index contributed by atoms with van der Waals surface area (Å²) in [5.74, 6) is 0.711. The molecule has 0 bridgehead atoms. The lowest BCUT2D eigenvalue weighted by Gasteiger charge is -2.06. The van der Waals surface area contributed by atoms with Crippen LogP contribution in [-0.4, -0.2) is 25.3 Å². The highest BCUT2D eigenvalue weighted by molar-refractivity contribution is 5.82. The van der Waals surface area contributed by atoms with Crippen molar-refractivity contribution in [2.45, 2.75) is 20.3 Å². The largest absolute Gasteiger partial charge is 0.497 e. The Morgan fingerprint density at radius 2 is 1.94 bits per heavy atom. The molecule has 98 valence electrons. The van der Waals surface area contributed by atoms with Gasteiger partial charge in [-0.2, -0.15) is 5.10 Å². The molecule has 1 amide bonds. The molecule has 0 saturated heterocycles. The molecule has 0 unspecified atom stereocenters. The van der Waals surface area contributed by atoms with E-state index in [1.54, 1.807) is 7.11 Å². The summed E-state index contributed by atoms with van der Waals surface area (Å²) < 4.78 is 5.06. The fraction of sp³-hybridized carbons (Fsp3) is 0.385. The van der Waals surface area contributed by atoms with E-state index in [4.69, 9.17) is 4.74 Å². The van der Waals surface area contributed by atoms with Crippen molar-refractivity contribution in [1.29, 1.82) is 0 Å². The van der Waals surface area contributed by atoms with Gasteiger partial charge in [-0.3, -0.25) is 4.79 Å². The number of benzene rings is 1. The molecule has 0 radical (unpaired) electrons. The van der Waals surface area contributed by atoms with Gasteiger partial charge < -0.3 is 10.1 Å². The highest BCUT2D eigenvalue weighted by Gasteiger charge is 1.99. The van der Waals surface area contributed by atoms with E-state index >= 15 is 0 Å². The number of nitrogens with one attached hydrogen (secondary N) is 2. The van der Waals surface area contributed by atoms with Crippen LogP contribution in [0.3, 0.4) is 0 Å². The van der Waals surface area contributed by atoms with Crippen molar-refractivity contribution in [2.24, 2.45) is 5.10 Å². The van der Waals surface area contributed by atoms with Crippen LogP contribution in [0.15, 0.2) is 29.4 Å². The van der Waals surface area contributed by atoms with Crippen LogP contribution in [0.2, 0.25) is 0 Å². The standard InChI is InChI=1S/C13H19N3O2/c1-10(2)15-16-13(17)8-9-14-11-4-6-12(18-3)7-5-11/h4-7,14H,8-9H2,1-3H3,(H,16,17). The molecular formula is C13H19N3O2. The monoisotopic (exact) mass is 249 g/mol. The van der Waals surface area contributed by atoms with E-state index in [9.17, 15) is 4.79 Å². The SMILES string of the molecule is COc1ccc(NCCC(=O)NN=C(C)C)cc1. The first-order valence-electron chi connectivity index (χ1n) is 5.79. The van der Waals surface area contributed by atoms with Gasteiger partial charge in [-0.15, -0.1) is 0 Å². The quantitative estimate of drug-likeness (QED) is 0.599. The number of hydrogen-bond acceptors (Lipinski definition) is 4. The zero-order valence-corrected chi connectivity index (χ0v) is 11.0. The summed E-state index contributed by atoms with van der Waals surface area (Å²) in [5, 5.41) is 7.00. The first-order chi connectivity index (χ1) is 8.61. The Kier molecular flexibility index (Phi) is 5.70. The Hall–Kier alpha value is -2.04. The Labute approximate surface area is 107 Å². The fourth-order valence-corrected chi connectivity index (χ4v) is 1.26. The lowest BCUT2D eigenvalue weighted by Crippen LogP contribution is -2.21. The lowest BCUT2D eigenvalue weighted by molar-refractivity contribution is -0.120. The highest BCUT2D eigenvalue weighted by atomic mass is 16.5. The zero-order chi connectivity index (χ0) is 13.4. The smallest absolute Gasteiger partial charge is 0.241 e. The van der Waals surface area contributed by atoms with Gasteiger partial charge in [0.25, 0.3) is 0 Å². The van der Waals surface area contributed by atoms with Crippen LogP contribution >= 0.6 is 0 Å². The van der Waals surface area contributed by atoms with E-state index < -0.39 is 0 Å². The summed E-state index contributed by atoms with van der Waals surface area (Å²) in [6.07, 6.45) is 0.378. The van der Waals surface area contributed by atoms with Gasteiger partial charge >= 0.3 is 0 Å². The Balaban J connectivity index is 2.28. The maximum absolute atomic E-state index is 11.4. The molecule has 0 heterocycles. The number of methoxy groups -OCH3 is 1. The molecule has 0 aliphatic carbocycles. The lowest BCUT2D eigenvalue weighted by atomic mass is 10.3. The maximum atomic E-state index is 11.4. The zero-order valence-electron chi connectivity index (χ0n) is 11.0. The molecule has 0 aromatic heterocycles. The highest BCUT2D eigenvalue weighted by Crippen LogP contribution is 2.14. The topological polar surface area (TPSA) is 62.7 Å².